The standard InChI is InChI=1S/C32H48N8O4/c1-5-18-40(20-28(33)41)31(44)26(12-9-17-36-32(34)35)38-30(43)27(19-21(2)3)39-29(42)22(4)37-25-15-13-24(14-16-25)23-10-7-6-8-11-23/h6-8,10-11,13-16,21-22,26-27,37H,5,9,12,17-20H2,1-4H3,(H2,33,41)(H,38,43)(H,39,42)(H4,34,35,36)/t22-,26+,27+/m1/s1. The molecule has 240 valence electrons. The normalized spacial score (nSPS) is 12.8. The molecular formula is C32H48N8O4. The van der Waals surface area contributed by atoms with Gasteiger partial charge in [-0.15, -0.1) is 0 Å². The van der Waals surface area contributed by atoms with Crippen molar-refractivity contribution in [2.45, 2.75) is 71.5 Å². The van der Waals surface area contributed by atoms with Crippen molar-refractivity contribution in [2.24, 2.45) is 28.1 Å². The molecule has 0 heterocycles. The molecule has 2 aromatic rings. The van der Waals surface area contributed by atoms with Crippen LogP contribution in [-0.2, 0) is 19.2 Å². The van der Waals surface area contributed by atoms with Crippen molar-refractivity contribution >= 4 is 35.3 Å². The molecule has 2 rings (SSSR count). The Morgan fingerprint density at radius 2 is 1.45 bits per heavy atom. The first-order valence-corrected chi connectivity index (χ1v) is 15.1. The highest BCUT2D eigenvalue weighted by Gasteiger charge is 2.31. The summed E-state index contributed by atoms with van der Waals surface area (Å²) in [5.74, 6) is -1.96. The van der Waals surface area contributed by atoms with E-state index in [4.69, 9.17) is 17.2 Å². The molecule has 12 nitrogen and oxygen atoms in total. The highest BCUT2D eigenvalue weighted by Crippen LogP contribution is 2.21. The number of nitrogens with zero attached hydrogens (tertiary/aromatic N) is 2. The molecule has 0 saturated carbocycles. The number of carbonyl (C=O) groups is 4. The van der Waals surface area contributed by atoms with E-state index in [1.54, 1.807) is 6.92 Å². The van der Waals surface area contributed by atoms with Crippen LogP contribution < -0.4 is 33.2 Å². The van der Waals surface area contributed by atoms with E-state index < -0.39 is 35.8 Å². The number of anilines is 1. The lowest BCUT2D eigenvalue weighted by Crippen LogP contribution is -2.56. The van der Waals surface area contributed by atoms with Gasteiger partial charge in [0.1, 0.15) is 18.1 Å². The van der Waals surface area contributed by atoms with Gasteiger partial charge in [-0.05, 0) is 61.8 Å². The minimum Gasteiger partial charge on any atom is -0.374 e. The van der Waals surface area contributed by atoms with Gasteiger partial charge in [-0.25, -0.2) is 0 Å². The van der Waals surface area contributed by atoms with Crippen LogP contribution in [0.2, 0.25) is 0 Å². The van der Waals surface area contributed by atoms with Crippen molar-refractivity contribution in [2.75, 3.05) is 25.0 Å². The number of primary amides is 1. The zero-order chi connectivity index (χ0) is 32.6. The molecule has 0 aromatic heterocycles. The average Bonchev–Trinajstić information content (AvgIpc) is 2.97. The van der Waals surface area contributed by atoms with Crippen LogP contribution in [0.5, 0.6) is 0 Å². The van der Waals surface area contributed by atoms with Crippen LogP contribution in [0.4, 0.5) is 5.69 Å². The van der Waals surface area contributed by atoms with Crippen molar-refractivity contribution in [3.05, 3.63) is 54.6 Å². The second-order valence-electron chi connectivity index (χ2n) is 11.2. The summed E-state index contributed by atoms with van der Waals surface area (Å²) in [4.78, 5) is 57.1. The van der Waals surface area contributed by atoms with E-state index in [0.717, 1.165) is 16.8 Å². The van der Waals surface area contributed by atoms with Crippen molar-refractivity contribution in [1.82, 2.24) is 15.5 Å². The van der Waals surface area contributed by atoms with E-state index >= 15 is 0 Å². The van der Waals surface area contributed by atoms with E-state index in [9.17, 15) is 19.2 Å². The number of guanidine groups is 1. The Morgan fingerprint density at radius 1 is 0.841 bits per heavy atom. The number of rotatable bonds is 18. The van der Waals surface area contributed by atoms with Crippen LogP contribution >= 0.6 is 0 Å². The van der Waals surface area contributed by atoms with Crippen LogP contribution in [0, 0.1) is 5.92 Å². The van der Waals surface area contributed by atoms with Crippen LogP contribution in [0.25, 0.3) is 11.1 Å². The van der Waals surface area contributed by atoms with E-state index in [1.165, 1.54) is 4.90 Å². The molecule has 9 N–H and O–H groups in total. The van der Waals surface area contributed by atoms with Crippen LogP contribution in [0.15, 0.2) is 59.6 Å². The van der Waals surface area contributed by atoms with Gasteiger partial charge < -0.3 is 38.1 Å². The minimum atomic E-state index is -0.965. The summed E-state index contributed by atoms with van der Waals surface area (Å²) in [7, 11) is 0. The number of nitrogens with one attached hydrogen (secondary N) is 3. The summed E-state index contributed by atoms with van der Waals surface area (Å²) in [6, 6.07) is 15.2. The van der Waals surface area contributed by atoms with Gasteiger partial charge >= 0.3 is 0 Å². The quantitative estimate of drug-likeness (QED) is 0.0844. The first-order valence-electron chi connectivity index (χ1n) is 15.1. The monoisotopic (exact) mass is 608 g/mol. The molecular weight excluding hydrogens is 560 g/mol. The molecule has 0 fully saturated rings. The van der Waals surface area contributed by atoms with Crippen molar-refractivity contribution in [1.29, 1.82) is 0 Å². The summed E-state index contributed by atoms with van der Waals surface area (Å²) < 4.78 is 0. The molecule has 0 saturated heterocycles. The van der Waals surface area contributed by atoms with Crippen molar-refractivity contribution in [3.63, 3.8) is 0 Å². The molecule has 0 unspecified atom stereocenters. The first-order chi connectivity index (χ1) is 20.9. The Hall–Kier alpha value is -4.61. The Morgan fingerprint density at radius 3 is 2.02 bits per heavy atom. The smallest absolute Gasteiger partial charge is 0.245 e. The van der Waals surface area contributed by atoms with Gasteiger partial charge in [0, 0.05) is 18.8 Å². The van der Waals surface area contributed by atoms with E-state index in [0.29, 0.717) is 25.8 Å². The highest BCUT2D eigenvalue weighted by atomic mass is 16.2. The molecule has 0 bridgehead atoms. The topological polar surface area (TPSA) is 198 Å². The third-order valence-corrected chi connectivity index (χ3v) is 6.82. The molecule has 0 aliphatic rings. The molecule has 0 aliphatic heterocycles. The average molecular weight is 609 g/mol. The highest BCUT2D eigenvalue weighted by molar-refractivity contribution is 5.94. The fourth-order valence-electron chi connectivity index (χ4n) is 4.68. The van der Waals surface area contributed by atoms with E-state index in [2.05, 4.69) is 20.9 Å². The van der Waals surface area contributed by atoms with Gasteiger partial charge in [0.25, 0.3) is 0 Å². The lowest BCUT2D eigenvalue weighted by molar-refractivity contribution is -0.139. The number of benzene rings is 2. The third kappa shape index (κ3) is 12.3. The molecule has 0 radical (unpaired) electrons. The molecule has 3 atom stereocenters. The van der Waals surface area contributed by atoms with Crippen molar-refractivity contribution < 1.29 is 19.2 Å². The lowest BCUT2D eigenvalue weighted by atomic mass is 10.0. The number of hydrogen-bond acceptors (Lipinski definition) is 6. The summed E-state index contributed by atoms with van der Waals surface area (Å²) in [6.07, 6.45) is 1.57. The van der Waals surface area contributed by atoms with Gasteiger partial charge in [0.2, 0.25) is 23.6 Å². The van der Waals surface area contributed by atoms with Gasteiger partial charge in [-0.2, -0.15) is 0 Å². The lowest BCUT2D eigenvalue weighted by Gasteiger charge is -2.29. The minimum absolute atomic E-state index is 0.0716. The fourth-order valence-corrected chi connectivity index (χ4v) is 4.68. The Bertz CT molecular complexity index is 1250. The molecule has 0 aliphatic carbocycles. The third-order valence-electron chi connectivity index (χ3n) is 6.82. The molecule has 0 spiro atoms. The van der Waals surface area contributed by atoms with E-state index in [-0.39, 0.29) is 37.3 Å². The van der Waals surface area contributed by atoms with E-state index in [1.807, 2.05) is 75.4 Å². The first kappa shape index (κ1) is 35.6. The zero-order valence-corrected chi connectivity index (χ0v) is 26.2. The fraction of sp³-hybridized carbons (Fsp3) is 0.469. The molecule has 44 heavy (non-hydrogen) atoms. The molecule has 4 amide bonds. The van der Waals surface area contributed by atoms with Gasteiger partial charge in [-0.3, -0.25) is 24.2 Å². The molecule has 12 heteroatoms. The number of nitrogens with two attached hydrogens (primary N) is 3. The Kier molecular flexibility index (Phi) is 14.7. The van der Waals surface area contributed by atoms with Crippen LogP contribution in [-0.4, -0.2) is 72.2 Å². The largest absolute Gasteiger partial charge is 0.374 e. The maximum absolute atomic E-state index is 13.5. The maximum Gasteiger partial charge on any atom is 0.245 e. The maximum atomic E-state index is 13.5. The van der Waals surface area contributed by atoms with Gasteiger partial charge in [0.05, 0.1) is 6.54 Å². The number of amides is 4. The number of hydrogen-bond donors (Lipinski definition) is 6. The van der Waals surface area contributed by atoms with Crippen LogP contribution in [0.3, 0.4) is 0 Å². The summed E-state index contributed by atoms with van der Waals surface area (Å²) in [5.41, 5.74) is 19.1. The second kappa shape index (κ2) is 18.1. The Labute approximate surface area is 260 Å². The summed E-state index contributed by atoms with van der Waals surface area (Å²) in [5, 5.41) is 8.85. The van der Waals surface area contributed by atoms with Crippen LogP contribution in [0.1, 0.15) is 53.4 Å². The summed E-state index contributed by atoms with van der Waals surface area (Å²) >= 11 is 0. The SMILES string of the molecule is CCCN(CC(N)=O)C(=O)[C@H](CCCN=C(N)N)NC(=O)[C@H](CC(C)C)NC(=O)[C@@H](C)Nc1ccc(-c2ccccc2)cc1. The predicted octanol–water partition coefficient (Wildman–Crippen LogP) is 1.95. The predicted molar refractivity (Wildman–Crippen MR) is 174 cm³/mol. The van der Waals surface area contributed by atoms with Gasteiger partial charge in [-0.1, -0.05) is 63.2 Å². The van der Waals surface area contributed by atoms with Crippen molar-refractivity contribution in [3.8, 4) is 11.1 Å². The summed E-state index contributed by atoms with van der Waals surface area (Å²) in [6.45, 7) is 7.75. The van der Waals surface area contributed by atoms with Gasteiger partial charge in [0.15, 0.2) is 5.96 Å². The number of carbonyl (C=O) groups excluding carboxylic acids is 4. The zero-order valence-electron chi connectivity index (χ0n) is 26.2. The second-order valence-corrected chi connectivity index (χ2v) is 11.2. The Balaban J connectivity index is 2.14. The molecule has 2 aromatic carbocycles. The number of aliphatic imine (C=N–C) groups is 1.